The van der Waals surface area contributed by atoms with Gasteiger partial charge in [-0.3, -0.25) is 9.79 Å². The molecule has 0 fully saturated rings. The van der Waals surface area contributed by atoms with Crippen LogP contribution in [0, 0.1) is 0 Å². The van der Waals surface area contributed by atoms with Gasteiger partial charge < -0.3 is 25.4 Å². The highest BCUT2D eigenvalue weighted by Crippen LogP contribution is 2.30. The molecule has 0 aliphatic heterocycles. The van der Waals surface area contributed by atoms with Crippen molar-refractivity contribution in [1.82, 2.24) is 10.6 Å². The number of halogens is 1. The number of carbonyl (C=O) groups excluding carboxylic acids is 1. The molecule has 152 valence electrons. The van der Waals surface area contributed by atoms with Crippen LogP contribution in [-0.2, 0) is 6.54 Å². The van der Waals surface area contributed by atoms with Crippen molar-refractivity contribution in [3.63, 3.8) is 0 Å². The molecular weight excluding hydrogens is 471 g/mol. The molecule has 3 N–H and O–H groups in total. The molecule has 1 amide bonds. The number of rotatable bonds is 7. The topological polar surface area (TPSA) is 84.0 Å². The number of methoxy groups -OCH3 is 1. The maximum absolute atomic E-state index is 11.6. The number of amides is 1. The fraction of sp³-hybridized carbons (Fsp3) is 0.300. The van der Waals surface area contributed by atoms with E-state index in [1.165, 1.54) is 0 Å². The maximum atomic E-state index is 11.6. The lowest BCUT2D eigenvalue weighted by molar-refractivity contribution is 0.0963. The van der Waals surface area contributed by atoms with Crippen molar-refractivity contribution in [3.05, 3.63) is 53.6 Å². The second-order valence-corrected chi connectivity index (χ2v) is 5.63. The molecule has 0 unspecified atom stereocenters. The highest BCUT2D eigenvalue weighted by Gasteiger charge is 2.07. The number of hydrogen-bond acceptors (Lipinski definition) is 4. The van der Waals surface area contributed by atoms with Crippen LogP contribution in [-0.4, -0.2) is 39.7 Å². The molecule has 7 nitrogen and oxygen atoms in total. The summed E-state index contributed by atoms with van der Waals surface area (Å²) in [6.07, 6.45) is 0. The molecule has 0 spiro atoms. The summed E-state index contributed by atoms with van der Waals surface area (Å²) in [4.78, 5) is 15.8. The molecule has 0 atom stereocenters. The Kier molecular flexibility index (Phi) is 10.1. The van der Waals surface area contributed by atoms with Crippen LogP contribution in [0.5, 0.6) is 11.5 Å². The van der Waals surface area contributed by atoms with Crippen molar-refractivity contribution in [2.24, 2.45) is 4.99 Å². The minimum absolute atomic E-state index is 0. The molecule has 2 rings (SSSR count). The van der Waals surface area contributed by atoms with Crippen LogP contribution >= 0.6 is 24.0 Å². The largest absolute Gasteiger partial charge is 0.493 e. The number of nitrogens with one attached hydrogen (secondary N) is 3. The zero-order valence-corrected chi connectivity index (χ0v) is 18.9. The molecule has 8 heteroatoms. The summed E-state index contributed by atoms with van der Waals surface area (Å²) in [7, 11) is 4.93. The number of carbonyl (C=O) groups is 1. The third-order valence-electron chi connectivity index (χ3n) is 3.85. The first-order valence-electron chi connectivity index (χ1n) is 8.70. The SMILES string of the molecule is CCOc1ccc(NC(=NC)NCc2ccc(C(=O)NC)cc2)cc1OC.I. The molecule has 2 aromatic rings. The van der Waals surface area contributed by atoms with Crippen LogP contribution in [0.4, 0.5) is 5.69 Å². The minimum atomic E-state index is -0.101. The van der Waals surface area contributed by atoms with Crippen LogP contribution in [0.1, 0.15) is 22.8 Å². The highest BCUT2D eigenvalue weighted by molar-refractivity contribution is 14.0. The quantitative estimate of drug-likeness (QED) is 0.310. The number of nitrogens with zero attached hydrogens (tertiary/aromatic N) is 1. The van der Waals surface area contributed by atoms with E-state index in [0.717, 1.165) is 11.3 Å². The maximum Gasteiger partial charge on any atom is 0.251 e. The Bertz CT molecular complexity index is 795. The van der Waals surface area contributed by atoms with Gasteiger partial charge in [0.05, 0.1) is 13.7 Å². The van der Waals surface area contributed by atoms with Crippen molar-refractivity contribution in [3.8, 4) is 11.5 Å². The molecule has 0 saturated carbocycles. The smallest absolute Gasteiger partial charge is 0.251 e. The van der Waals surface area contributed by atoms with E-state index in [4.69, 9.17) is 9.47 Å². The van der Waals surface area contributed by atoms with Crippen LogP contribution in [0.25, 0.3) is 0 Å². The van der Waals surface area contributed by atoms with Crippen LogP contribution in [0.15, 0.2) is 47.5 Å². The van der Waals surface area contributed by atoms with Gasteiger partial charge in [-0.1, -0.05) is 12.1 Å². The molecule has 0 heterocycles. The van der Waals surface area contributed by atoms with E-state index >= 15 is 0 Å². The standard InChI is InChI=1S/C20H26N4O3.HI/c1-5-27-17-11-10-16(12-18(17)26-4)24-20(22-3)23-13-14-6-8-15(9-7-14)19(25)21-2;/h6-12H,5,13H2,1-4H3,(H,21,25)(H2,22,23,24);1H. The van der Waals surface area contributed by atoms with Crippen LogP contribution < -0.4 is 25.4 Å². The molecular formula is C20H27IN4O3. The Hall–Kier alpha value is -2.49. The third kappa shape index (κ3) is 6.59. The number of guanidine groups is 1. The van der Waals surface area contributed by atoms with Gasteiger partial charge in [-0.15, -0.1) is 24.0 Å². The van der Waals surface area contributed by atoms with Gasteiger partial charge in [0.15, 0.2) is 17.5 Å². The normalized spacial score (nSPS) is 10.5. The van der Waals surface area contributed by atoms with Crippen molar-refractivity contribution < 1.29 is 14.3 Å². The van der Waals surface area contributed by atoms with E-state index < -0.39 is 0 Å². The lowest BCUT2D eigenvalue weighted by Crippen LogP contribution is -2.30. The predicted octanol–water partition coefficient (Wildman–Crippen LogP) is 3.26. The summed E-state index contributed by atoms with van der Waals surface area (Å²) in [5.74, 6) is 1.87. The first-order chi connectivity index (χ1) is 13.1. The van der Waals surface area contributed by atoms with E-state index in [9.17, 15) is 4.79 Å². The van der Waals surface area contributed by atoms with Gasteiger partial charge in [-0.2, -0.15) is 0 Å². The highest BCUT2D eigenvalue weighted by atomic mass is 127. The Labute approximate surface area is 182 Å². The zero-order chi connectivity index (χ0) is 19.6. The van der Waals surface area contributed by atoms with Crippen molar-refractivity contribution >= 4 is 41.5 Å². The van der Waals surface area contributed by atoms with E-state index in [1.54, 1.807) is 33.3 Å². The van der Waals surface area contributed by atoms with Gasteiger partial charge in [0.1, 0.15) is 0 Å². The average Bonchev–Trinajstić information content (AvgIpc) is 2.71. The molecule has 0 saturated heterocycles. The lowest BCUT2D eigenvalue weighted by Gasteiger charge is -2.14. The summed E-state index contributed by atoms with van der Waals surface area (Å²) in [6, 6.07) is 13.0. The first kappa shape index (κ1) is 23.5. The number of benzene rings is 2. The van der Waals surface area contributed by atoms with E-state index in [0.29, 0.717) is 36.2 Å². The molecule has 0 aliphatic rings. The Balaban J connectivity index is 0.00000392. The van der Waals surface area contributed by atoms with E-state index in [-0.39, 0.29) is 29.9 Å². The van der Waals surface area contributed by atoms with E-state index in [2.05, 4.69) is 20.9 Å². The molecule has 0 bridgehead atoms. The summed E-state index contributed by atoms with van der Waals surface area (Å²) in [5, 5.41) is 9.07. The fourth-order valence-corrected chi connectivity index (χ4v) is 2.44. The van der Waals surface area contributed by atoms with Crippen LogP contribution in [0.3, 0.4) is 0 Å². The third-order valence-corrected chi connectivity index (χ3v) is 3.85. The zero-order valence-electron chi connectivity index (χ0n) is 16.5. The number of aliphatic imine (C=N–C) groups is 1. The van der Waals surface area contributed by atoms with Gasteiger partial charge in [0, 0.05) is 38.0 Å². The molecule has 0 aliphatic carbocycles. The minimum Gasteiger partial charge on any atom is -0.493 e. The second kappa shape index (κ2) is 12.1. The molecule has 2 aromatic carbocycles. The summed E-state index contributed by atoms with van der Waals surface area (Å²) >= 11 is 0. The summed E-state index contributed by atoms with van der Waals surface area (Å²) < 4.78 is 10.9. The number of hydrogen-bond donors (Lipinski definition) is 3. The van der Waals surface area contributed by atoms with Crippen molar-refractivity contribution in [1.29, 1.82) is 0 Å². The van der Waals surface area contributed by atoms with E-state index in [1.807, 2.05) is 37.3 Å². The van der Waals surface area contributed by atoms with Crippen LogP contribution in [0.2, 0.25) is 0 Å². The van der Waals surface area contributed by atoms with Crippen molar-refractivity contribution in [2.45, 2.75) is 13.5 Å². The van der Waals surface area contributed by atoms with Gasteiger partial charge in [-0.25, -0.2) is 0 Å². The molecule has 0 aromatic heterocycles. The first-order valence-corrected chi connectivity index (χ1v) is 8.70. The number of anilines is 1. The summed E-state index contributed by atoms with van der Waals surface area (Å²) in [6.45, 7) is 3.07. The Morgan fingerprint density at radius 3 is 2.39 bits per heavy atom. The predicted molar refractivity (Wildman–Crippen MR) is 123 cm³/mol. The Morgan fingerprint density at radius 2 is 1.82 bits per heavy atom. The van der Waals surface area contributed by atoms with Gasteiger partial charge in [0.2, 0.25) is 0 Å². The second-order valence-electron chi connectivity index (χ2n) is 5.63. The molecule has 28 heavy (non-hydrogen) atoms. The van der Waals surface area contributed by atoms with Gasteiger partial charge >= 0.3 is 0 Å². The summed E-state index contributed by atoms with van der Waals surface area (Å²) in [5.41, 5.74) is 2.50. The lowest BCUT2D eigenvalue weighted by atomic mass is 10.1. The van der Waals surface area contributed by atoms with Gasteiger partial charge in [-0.05, 0) is 36.8 Å². The van der Waals surface area contributed by atoms with Gasteiger partial charge in [0.25, 0.3) is 5.91 Å². The fourth-order valence-electron chi connectivity index (χ4n) is 2.44. The monoisotopic (exact) mass is 498 g/mol. The van der Waals surface area contributed by atoms with Crippen molar-refractivity contribution in [2.75, 3.05) is 33.1 Å². The Morgan fingerprint density at radius 1 is 1.11 bits per heavy atom. The average molecular weight is 498 g/mol. The molecule has 0 radical (unpaired) electrons. The number of ether oxygens (including phenoxy) is 2.